The molecule has 1 N–H and O–H groups in total. The molecule has 0 aliphatic heterocycles. The van der Waals surface area contributed by atoms with E-state index in [1.807, 2.05) is 17.5 Å². The molecule has 2 aromatic carbocycles. The Morgan fingerprint density at radius 1 is 1.10 bits per heavy atom. The SMILES string of the molecule is COc1cc(C(=O)Nc2nc(Cc3cccc(Cl)c3Cl)cs2)cc(OC)c1OC. The normalized spacial score (nSPS) is 10.5. The Balaban J connectivity index is 1.77. The van der Waals surface area contributed by atoms with E-state index in [2.05, 4.69) is 10.3 Å². The van der Waals surface area contributed by atoms with Crippen molar-refractivity contribution in [1.82, 2.24) is 4.98 Å². The van der Waals surface area contributed by atoms with Gasteiger partial charge in [0.05, 0.1) is 37.1 Å². The van der Waals surface area contributed by atoms with Crippen LogP contribution in [0.2, 0.25) is 10.0 Å². The Bertz CT molecular complexity index is 1010. The summed E-state index contributed by atoms with van der Waals surface area (Å²) in [6.45, 7) is 0. The Hall–Kier alpha value is -2.48. The minimum atomic E-state index is -0.342. The zero-order valence-electron chi connectivity index (χ0n) is 15.9. The van der Waals surface area contributed by atoms with Crippen LogP contribution in [0.25, 0.3) is 0 Å². The van der Waals surface area contributed by atoms with Crippen molar-refractivity contribution in [2.75, 3.05) is 26.6 Å². The number of hydrogen-bond donors (Lipinski definition) is 1. The molecule has 0 aliphatic rings. The average molecular weight is 453 g/mol. The van der Waals surface area contributed by atoms with E-state index in [9.17, 15) is 4.79 Å². The van der Waals surface area contributed by atoms with E-state index in [4.69, 9.17) is 37.4 Å². The van der Waals surface area contributed by atoms with Gasteiger partial charge in [0.15, 0.2) is 16.6 Å². The van der Waals surface area contributed by atoms with E-state index in [0.29, 0.717) is 44.4 Å². The van der Waals surface area contributed by atoms with Gasteiger partial charge in [-0.3, -0.25) is 10.1 Å². The topological polar surface area (TPSA) is 69.7 Å². The lowest BCUT2D eigenvalue weighted by Gasteiger charge is -2.13. The first-order chi connectivity index (χ1) is 14.0. The summed E-state index contributed by atoms with van der Waals surface area (Å²) in [4.78, 5) is 17.1. The number of hydrogen-bond acceptors (Lipinski definition) is 6. The van der Waals surface area contributed by atoms with Crippen LogP contribution in [0, 0.1) is 0 Å². The zero-order chi connectivity index (χ0) is 21.0. The van der Waals surface area contributed by atoms with E-state index >= 15 is 0 Å². The molecule has 0 unspecified atom stereocenters. The number of halogens is 2. The number of nitrogens with one attached hydrogen (secondary N) is 1. The first-order valence-corrected chi connectivity index (χ1v) is 10.1. The number of thiazole rings is 1. The number of methoxy groups -OCH3 is 3. The van der Waals surface area contributed by atoms with Crippen molar-refractivity contribution in [2.24, 2.45) is 0 Å². The Labute approximate surface area is 182 Å². The smallest absolute Gasteiger partial charge is 0.257 e. The van der Waals surface area contributed by atoms with Gasteiger partial charge in [-0.1, -0.05) is 35.3 Å². The minimum Gasteiger partial charge on any atom is -0.493 e. The molecule has 6 nitrogen and oxygen atoms in total. The lowest BCUT2D eigenvalue weighted by atomic mass is 10.1. The highest BCUT2D eigenvalue weighted by Crippen LogP contribution is 2.38. The predicted octanol–water partition coefficient (Wildman–Crippen LogP) is 5.32. The van der Waals surface area contributed by atoms with Crippen molar-refractivity contribution in [3.63, 3.8) is 0 Å². The molecule has 1 aromatic heterocycles. The summed E-state index contributed by atoms with van der Waals surface area (Å²) in [5.74, 6) is 0.868. The Kier molecular flexibility index (Phi) is 6.84. The minimum absolute atomic E-state index is 0.342. The van der Waals surface area contributed by atoms with Gasteiger partial charge in [0, 0.05) is 17.4 Å². The molecular weight excluding hydrogens is 435 g/mol. The molecular formula is C20H18Cl2N2O4S. The number of amides is 1. The van der Waals surface area contributed by atoms with Crippen LogP contribution >= 0.6 is 34.5 Å². The largest absolute Gasteiger partial charge is 0.493 e. The lowest BCUT2D eigenvalue weighted by Crippen LogP contribution is -2.12. The Morgan fingerprint density at radius 3 is 2.41 bits per heavy atom. The molecule has 0 radical (unpaired) electrons. The van der Waals surface area contributed by atoms with E-state index in [-0.39, 0.29) is 5.91 Å². The van der Waals surface area contributed by atoms with Crippen LogP contribution in [0.4, 0.5) is 5.13 Å². The van der Waals surface area contributed by atoms with E-state index in [1.54, 1.807) is 18.2 Å². The summed E-state index contributed by atoms with van der Waals surface area (Å²) in [5, 5.41) is 6.12. The molecule has 3 aromatic rings. The third kappa shape index (κ3) is 4.75. The second-order valence-electron chi connectivity index (χ2n) is 5.90. The molecule has 0 spiro atoms. The highest BCUT2D eigenvalue weighted by Gasteiger charge is 2.18. The second kappa shape index (κ2) is 9.35. The van der Waals surface area contributed by atoms with Crippen LogP contribution in [0.15, 0.2) is 35.7 Å². The van der Waals surface area contributed by atoms with Gasteiger partial charge in [-0.25, -0.2) is 4.98 Å². The molecule has 0 saturated heterocycles. The second-order valence-corrected chi connectivity index (χ2v) is 7.55. The number of rotatable bonds is 7. The molecule has 1 amide bonds. The average Bonchev–Trinajstić information content (AvgIpc) is 3.16. The summed E-state index contributed by atoms with van der Waals surface area (Å²) < 4.78 is 15.9. The highest BCUT2D eigenvalue weighted by atomic mass is 35.5. The molecule has 0 saturated carbocycles. The fraction of sp³-hybridized carbons (Fsp3) is 0.200. The van der Waals surface area contributed by atoms with Crippen LogP contribution in [0.5, 0.6) is 17.2 Å². The van der Waals surface area contributed by atoms with Crippen LogP contribution in [-0.2, 0) is 6.42 Å². The Morgan fingerprint density at radius 2 is 1.79 bits per heavy atom. The van der Waals surface area contributed by atoms with Crippen LogP contribution in [-0.4, -0.2) is 32.2 Å². The van der Waals surface area contributed by atoms with Gasteiger partial charge in [-0.05, 0) is 23.8 Å². The van der Waals surface area contributed by atoms with E-state index in [1.165, 1.54) is 32.7 Å². The number of benzene rings is 2. The lowest BCUT2D eigenvalue weighted by molar-refractivity contribution is 0.102. The molecule has 1 heterocycles. The molecule has 0 fully saturated rings. The summed E-state index contributed by atoms with van der Waals surface area (Å²) >= 11 is 13.6. The number of ether oxygens (including phenoxy) is 3. The monoisotopic (exact) mass is 452 g/mol. The molecule has 152 valence electrons. The maximum atomic E-state index is 12.7. The fourth-order valence-electron chi connectivity index (χ4n) is 2.71. The number of anilines is 1. The third-order valence-corrected chi connectivity index (χ3v) is 5.77. The number of carbonyl (C=O) groups excluding carboxylic acids is 1. The van der Waals surface area contributed by atoms with Gasteiger partial charge in [-0.15, -0.1) is 11.3 Å². The standard InChI is InChI=1S/C20H18Cl2N2O4S/c1-26-15-8-12(9-16(27-2)18(15)28-3)19(25)24-20-23-13(10-29-20)7-11-5-4-6-14(21)17(11)22/h4-6,8-10H,7H2,1-3H3,(H,23,24,25). The summed E-state index contributed by atoms with van der Waals surface area (Å²) in [7, 11) is 4.49. The third-order valence-electron chi connectivity index (χ3n) is 4.10. The maximum Gasteiger partial charge on any atom is 0.257 e. The molecule has 9 heteroatoms. The summed E-state index contributed by atoms with van der Waals surface area (Å²) in [5.41, 5.74) is 2.00. The maximum absolute atomic E-state index is 12.7. The highest BCUT2D eigenvalue weighted by molar-refractivity contribution is 7.14. The first kappa shape index (κ1) is 21.2. The van der Waals surface area contributed by atoms with Crippen molar-refractivity contribution in [2.45, 2.75) is 6.42 Å². The molecule has 0 atom stereocenters. The number of nitrogens with zero attached hydrogens (tertiary/aromatic N) is 1. The molecule has 3 rings (SSSR count). The van der Waals surface area contributed by atoms with Crippen molar-refractivity contribution in [3.05, 3.63) is 62.6 Å². The van der Waals surface area contributed by atoms with Crippen molar-refractivity contribution < 1.29 is 19.0 Å². The van der Waals surface area contributed by atoms with E-state index < -0.39 is 0 Å². The summed E-state index contributed by atoms with van der Waals surface area (Å²) in [6.07, 6.45) is 0.510. The van der Waals surface area contributed by atoms with E-state index in [0.717, 1.165) is 11.3 Å². The molecule has 0 bridgehead atoms. The fourth-order valence-corrected chi connectivity index (χ4v) is 3.80. The van der Waals surface area contributed by atoms with Crippen LogP contribution in [0.3, 0.4) is 0 Å². The zero-order valence-corrected chi connectivity index (χ0v) is 18.2. The van der Waals surface area contributed by atoms with Gasteiger partial charge in [0.1, 0.15) is 0 Å². The van der Waals surface area contributed by atoms with Crippen molar-refractivity contribution in [1.29, 1.82) is 0 Å². The predicted molar refractivity (Wildman–Crippen MR) is 115 cm³/mol. The quantitative estimate of drug-likeness (QED) is 0.525. The van der Waals surface area contributed by atoms with Gasteiger partial charge in [-0.2, -0.15) is 0 Å². The number of aromatic nitrogens is 1. The van der Waals surface area contributed by atoms with Gasteiger partial charge < -0.3 is 14.2 Å². The van der Waals surface area contributed by atoms with Crippen molar-refractivity contribution >= 4 is 45.6 Å². The van der Waals surface area contributed by atoms with Crippen molar-refractivity contribution in [3.8, 4) is 17.2 Å². The number of carbonyl (C=O) groups is 1. The molecule has 29 heavy (non-hydrogen) atoms. The van der Waals surface area contributed by atoms with Gasteiger partial charge in [0.25, 0.3) is 5.91 Å². The summed E-state index contributed by atoms with van der Waals surface area (Å²) in [6, 6.07) is 8.62. The first-order valence-electron chi connectivity index (χ1n) is 8.45. The molecule has 0 aliphatic carbocycles. The van der Waals surface area contributed by atoms with Gasteiger partial charge >= 0.3 is 0 Å². The van der Waals surface area contributed by atoms with Crippen LogP contribution < -0.4 is 19.5 Å². The van der Waals surface area contributed by atoms with Crippen LogP contribution in [0.1, 0.15) is 21.6 Å². The van der Waals surface area contributed by atoms with Gasteiger partial charge in [0.2, 0.25) is 5.75 Å².